The molecule has 1 amide bonds. The number of esters is 1. The van der Waals surface area contributed by atoms with Gasteiger partial charge in [-0.05, 0) is 13.8 Å². The first-order valence-electron chi connectivity index (χ1n) is 5.27. The molecule has 0 unspecified atom stereocenters. The van der Waals surface area contributed by atoms with Gasteiger partial charge < -0.3 is 14.7 Å². The van der Waals surface area contributed by atoms with Gasteiger partial charge in [0.05, 0.1) is 24.5 Å². The third-order valence-corrected chi connectivity index (χ3v) is 2.74. The van der Waals surface area contributed by atoms with Crippen LogP contribution in [0.1, 0.15) is 20.3 Å². The summed E-state index contributed by atoms with van der Waals surface area (Å²) in [5, 5.41) is 8.75. The van der Waals surface area contributed by atoms with Crippen LogP contribution in [-0.2, 0) is 19.1 Å². The van der Waals surface area contributed by atoms with Crippen molar-refractivity contribution in [2.24, 2.45) is 5.92 Å². The molecule has 0 aromatic carbocycles. The average molecular weight is 241 g/mol. The maximum atomic E-state index is 11.8. The number of allylic oxidation sites excluding steroid dienone is 1. The molecular weight excluding hydrogens is 226 g/mol. The van der Waals surface area contributed by atoms with E-state index in [1.54, 1.807) is 13.8 Å². The molecule has 0 saturated carbocycles. The van der Waals surface area contributed by atoms with Crippen molar-refractivity contribution in [2.75, 3.05) is 13.7 Å². The molecule has 94 valence electrons. The number of carbonyl (C=O) groups is 3. The van der Waals surface area contributed by atoms with Crippen molar-refractivity contribution in [2.45, 2.75) is 20.3 Å². The normalized spacial score (nSPS) is 19.8. The maximum absolute atomic E-state index is 11.8. The third-order valence-electron chi connectivity index (χ3n) is 2.74. The number of aliphatic carboxylic acids is 1. The van der Waals surface area contributed by atoms with E-state index in [0.717, 1.165) is 0 Å². The van der Waals surface area contributed by atoms with Crippen LogP contribution in [0.15, 0.2) is 11.3 Å². The molecule has 0 aromatic heterocycles. The van der Waals surface area contributed by atoms with E-state index in [1.165, 1.54) is 11.9 Å². The number of carbonyl (C=O) groups excluding carboxylic acids is 2. The molecular formula is C11H15NO5. The van der Waals surface area contributed by atoms with Crippen molar-refractivity contribution < 1.29 is 24.2 Å². The maximum Gasteiger partial charge on any atom is 0.336 e. The topological polar surface area (TPSA) is 83.9 Å². The molecule has 1 N–H and O–H groups in total. The second kappa shape index (κ2) is 4.99. The Kier molecular flexibility index (Phi) is 3.88. The minimum atomic E-state index is -1.12. The van der Waals surface area contributed by atoms with Gasteiger partial charge in [0, 0.05) is 12.7 Å². The highest BCUT2D eigenvalue weighted by atomic mass is 16.5. The van der Waals surface area contributed by atoms with Gasteiger partial charge in [0.25, 0.3) is 0 Å². The number of carboxylic acids is 1. The first kappa shape index (κ1) is 13.2. The van der Waals surface area contributed by atoms with Gasteiger partial charge in [0.2, 0.25) is 5.91 Å². The molecule has 1 aliphatic heterocycles. The minimum Gasteiger partial charge on any atom is -0.481 e. The van der Waals surface area contributed by atoms with Crippen LogP contribution in [0.5, 0.6) is 0 Å². The summed E-state index contributed by atoms with van der Waals surface area (Å²) in [6.45, 7) is 3.44. The monoisotopic (exact) mass is 241 g/mol. The number of nitrogens with zero attached hydrogens (tertiary/aromatic N) is 1. The lowest BCUT2D eigenvalue weighted by atomic mass is 9.97. The van der Waals surface area contributed by atoms with Gasteiger partial charge in [-0.25, -0.2) is 4.79 Å². The molecule has 1 rings (SSSR count). The Hall–Kier alpha value is -1.85. The van der Waals surface area contributed by atoms with Crippen molar-refractivity contribution in [3.05, 3.63) is 11.3 Å². The lowest BCUT2D eigenvalue weighted by Gasteiger charge is -2.11. The van der Waals surface area contributed by atoms with E-state index in [-0.39, 0.29) is 18.1 Å². The van der Waals surface area contributed by atoms with Gasteiger partial charge in [0.1, 0.15) is 0 Å². The van der Waals surface area contributed by atoms with Gasteiger partial charge in [0.15, 0.2) is 0 Å². The second-order valence-electron chi connectivity index (χ2n) is 3.77. The van der Waals surface area contributed by atoms with Crippen molar-refractivity contribution in [1.29, 1.82) is 0 Å². The molecule has 0 bridgehead atoms. The largest absolute Gasteiger partial charge is 0.481 e. The third kappa shape index (κ3) is 2.46. The fraction of sp³-hybridized carbons (Fsp3) is 0.545. The smallest absolute Gasteiger partial charge is 0.336 e. The zero-order valence-electron chi connectivity index (χ0n) is 10.0. The molecule has 0 aliphatic carbocycles. The van der Waals surface area contributed by atoms with Gasteiger partial charge in [-0.15, -0.1) is 0 Å². The molecule has 0 radical (unpaired) electrons. The van der Waals surface area contributed by atoms with Crippen LogP contribution in [0.2, 0.25) is 0 Å². The molecule has 1 aliphatic rings. The van der Waals surface area contributed by atoms with Crippen molar-refractivity contribution in [3.8, 4) is 0 Å². The van der Waals surface area contributed by atoms with Crippen LogP contribution in [0.4, 0.5) is 0 Å². The zero-order chi connectivity index (χ0) is 13.2. The lowest BCUT2D eigenvalue weighted by molar-refractivity contribution is -0.143. The van der Waals surface area contributed by atoms with E-state index in [2.05, 4.69) is 0 Å². The quantitative estimate of drug-likeness (QED) is 0.719. The summed E-state index contributed by atoms with van der Waals surface area (Å²) in [6.07, 6.45) is -0.394. The van der Waals surface area contributed by atoms with Crippen LogP contribution in [0.3, 0.4) is 0 Å². The second-order valence-corrected chi connectivity index (χ2v) is 3.77. The fourth-order valence-electron chi connectivity index (χ4n) is 1.82. The highest BCUT2D eigenvalue weighted by molar-refractivity contribution is 6.03. The summed E-state index contributed by atoms with van der Waals surface area (Å²) in [5.41, 5.74) is 0.612. The zero-order valence-corrected chi connectivity index (χ0v) is 10.0. The van der Waals surface area contributed by atoms with E-state index >= 15 is 0 Å². The molecule has 1 heterocycles. The highest BCUT2D eigenvalue weighted by Gasteiger charge is 2.41. The molecule has 0 saturated heterocycles. The van der Waals surface area contributed by atoms with E-state index in [0.29, 0.717) is 5.70 Å². The average Bonchev–Trinajstić information content (AvgIpc) is 2.43. The van der Waals surface area contributed by atoms with Crippen molar-refractivity contribution in [3.63, 3.8) is 0 Å². The van der Waals surface area contributed by atoms with Gasteiger partial charge in [-0.2, -0.15) is 0 Å². The van der Waals surface area contributed by atoms with Crippen molar-refractivity contribution >= 4 is 17.8 Å². The summed E-state index contributed by atoms with van der Waals surface area (Å²) in [5.74, 6) is -3.05. The van der Waals surface area contributed by atoms with Crippen LogP contribution in [-0.4, -0.2) is 41.5 Å². The Morgan fingerprint density at radius 3 is 2.53 bits per heavy atom. The number of hydrogen-bond acceptors (Lipinski definition) is 4. The van der Waals surface area contributed by atoms with Gasteiger partial charge in [-0.1, -0.05) is 0 Å². The summed E-state index contributed by atoms with van der Waals surface area (Å²) >= 11 is 0. The molecule has 0 fully saturated rings. The van der Waals surface area contributed by atoms with Crippen LogP contribution < -0.4 is 0 Å². The fourth-order valence-corrected chi connectivity index (χ4v) is 1.82. The van der Waals surface area contributed by atoms with Crippen molar-refractivity contribution in [1.82, 2.24) is 4.90 Å². The van der Waals surface area contributed by atoms with Crippen LogP contribution in [0, 0.1) is 5.92 Å². The Labute approximate surface area is 98.8 Å². The summed E-state index contributed by atoms with van der Waals surface area (Å²) in [4.78, 5) is 35.5. The molecule has 6 heteroatoms. The SMILES string of the molecule is CCOC(=O)C1=C(C)N(C)C(=O)[C@@H]1CC(=O)O. The number of rotatable bonds is 4. The predicted octanol–water partition coefficient (Wildman–Crippen LogP) is 0.386. The van der Waals surface area contributed by atoms with Gasteiger partial charge >= 0.3 is 11.9 Å². The van der Waals surface area contributed by atoms with E-state index in [4.69, 9.17) is 9.84 Å². The molecule has 17 heavy (non-hydrogen) atoms. The number of ether oxygens (including phenoxy) is 1. The Balaban J connectivity index is 3.05. The van der Waals surface area contributed by atoms with Crippen LogP contribution >= 0.6 is 0 Å². The summed E-state index contributed by atoms with van der Waals surface area (Å²) in [7, 11) is 1.51. The summed E-state index contributed by atoms with van der Waals surface area (Å²) in [6, 6.07) is 0. The standard InChI is InChI=1S/C11H15NO5/c1-4-17-11(16)9-6(2)12(3)10(15)7(9)5-8(13)14/h7H,4-5H2,1-3H3,(H,13,14)/t7-/m1/s1. The van der Waals surface area contributed by atoms with Gasteiger partial charge in [-0.3, -0.25) is 9.59 Å². The molecule has 0 spiro atoms. The molecule has 0 aromatic rings. The van der Waals surface area contributed by atoms with E-state index < -0.39 is 24.3 Å². The Morgan fingerprint density at radius 1 is 1.47 bits per heavy atom. The highest BCUT2D eigenvalue weighted by Crippen LogP contribution is 2.31. The first-order chi connectivity index (χ1) is 7.90. The molecule has 6 nitrogen and oxygen atoms in total. The Morgan fingerprint density at radius 2 is 2.06 bits per heavy atom. The minimum absolute atomic E-state index is 0.154. The van der Waals surface area contributed by atoms with E-state index in [1.807, 2.05) is 0 Å². The number of hydrogen-bond donors (Lipinski definition) is 1. The number of carboxylic acid groups (broad SMARTS) is 1. The summed E-state index contributed by atoms with van der Waals surface area (Å²) < 4.78 is 4.84. The Bertz CT molecular complexity index is 399. The lowest BCUT2D eigenvalue weighted by Crippen LogP contribution is -2.27. The predicted molar refractivity (Wildman–Crippen MR) is 57.8 cm³/mol. The molecule has 1 atom stereocenters. The number of amides is 1. The first-order valence-corrected chi connectivity index (χ1v) is 5.27. The van der Waals surface area contributed by atoms with Crippen LogP contribution in [0.25, 0.3) is 0 Å². The van der Waals surface area contributed by atoms with E-state index in [9.17, 15) is 14.4 Å².